The van der Waals surface area contributed by atoms with Crippen LogP contribution < -0.4 is 10.7 Å². The number of thioether (sulfide) groups is 1. The van der Waals surface area contributed by atoms with E-state index in [1.165, 1.54) is 11.8 Å². The molecule has 1 aromatic carbocycles. The van der Waals surface area contributed by atoms with E-state index in [0.717, 1.165) is 29.4 Å². The molecule has 1 aliphatic heterocycles. The smallest absolute Gasteiger partial charge is 0.322 e. The molecule has 4 rings (SSSR count). The molecule has 1 saturated heterocycles. The monoisotopic (exact) mass is 414 g/mol. The quantitative estimate of drug-likeness (QED) is 0.530. The van der Waals surface area contributed by atoms with Crippen molar-refractivity contribution in [1.29, 1.82) is 0 Å². The Morgan fingerprint density at radius 3 is 2.62 bits per heavy atom. The maximum absolute atomic E-state index is 12.4. The summed E-state index contributed by atoms with van der Waals surface area (Å²) in [6.45, 7) is 3.43. The van der Waals surface area contributed by atoms with E-state index in [0.29, 0.717) is 17.5 Å². The molecule has 1 saturated carbocycles. The molecule has 0 bridgehead atoms. The predicted molar refractivity (Wildman–Crippen MR) is 106 cm³/mol. The highest BCUT2D eigenvalue weighted by Crippen LogP contribution is 2.41. The number of hydrazine groups is 1. The van der Waals surface area contributed by atoms with Crippen LogP contribution in [-0.4, -0.2) is 48.9 Å². The van der Waals surface area contributed by atoms with Gasteiger partial charge in [-0.25, -0.2) is 4.79 Å². The number of nitrogens with zero attached hydrogens (tertiary/aromatic N) is 4. The van der Waals surface area contributed by atoms with Crippen molar-refractivity contribution in [3.05, 3.63) is 36.2 Å². The van der Waals surface area contributed by atoms with E-state index >= 15 is 0 Å². The highest BCUT2D eigenvalue weighted by Gasteiger charge is 2.47. The normalized spacial score (nSPS) is 21.4. The Labute approximate surface area is 172 Å². The minimum absolute atomic E-state index is 0.00443. The lowest BCUT2D eigenvalue weighted by molar-refractivity contribution is -0.137. The zero-order valence-corrected chi connectivity index (χ0v) is 17.0. The summed E-state index contributed by atoms with van der Waals surface area (Å²) in [6.07, 6.45) is 2.60. The van der Waals surface area contributed by atoms with E-state index in [1.54, 1.807) is 13.8 Å². The fraction of sp³-hybridized carbons (Fsp3) is 0.421. The highest BCUT2D eigenvalue weighted by molar-refractivity contribution is 7.99. The van der Waals surface area contributed by atoms with Crippen molar-refractivity contribution in [1.82, 2.24) is 30.5 Å². The Hall–Kier alpha value is -2.88. The van der Waals surface area contributed by atoms with E-state index in [9.17, 15) is 14.4 Å². The molecule has 2 heterocycles. The van der Waals surface area contributed by atoms with E-state index in [1.807, 2.05) is 34.9 Å². The molecule has 29 heavy (non-hydrogen) atoms. The van der Waals surface area contributed by atoms with E-state index < -0.39 is 23.4 Å². The van der Waals surface area contributed by atoms with Crippen LogP contribution in [0.25, 0.3) is 5.69 Å². The molecular weight excluding hydrogens is 392 g/mol. The fourth-order valence-electron chi connectivity index (χ4n) is 3.11. The van der Waals surface area contributed by atoms with Gasteiger partial charge >= 0.3 is 6.03 Å². The Kier molecular flexibility index (Phi) is 5.03. The maximum Gasteiger partial charge on any atom is 0.344 e. The number of benzene rings is 1. The summed E-state index contributed by atoms with van der Waals surface area (Å²) in [5, 5.41) is 12.5. The largest absolute Gasteiger partial charge is 0.344 e. The SMILES string of the molecule is CC[C@@]1(C)NC(=O)N(NC(=O)CSc2nnc(C3CC3)n2-c2ccccc2)C1=O. The first kappa shape index (κ1) is 19.4. The average molecular weight is 414 g/mol. The number of carbonyl (C=O) groups is 3. The minimum atomic E-state index is -0.996. The summed E-state index contributed by atoms with van der Waals surface area (Å²) >= 11 is 1.22. The molecule has 1 aliphatic carbocycles. The zero-order chi connectivity index (χ0) is 20.6. The molecule has 1 atom stereocenters. The molecule has 152 valence electrons. The summed E-state index contributed by atoms with van der Waals surface area (Å²) in [5.41, 5.74) is 2.34. The number of imide groups is 1. The van der Waals surface area contributed by atoms with Gasteiger partial charge < -0.3 is 5.32 Å². The number of carbonyl (C=O) groups excluding carboxylic acids is 3. The van der Waals surface area contributed by atoms with Gasteiger partial charge in [-0.1, -0.05) is 36.9 Å². The Morgan fingerprint density at radius 2 is 2.00 bits per heavy atom. The highest BCUT2D eigenvalue weighted by atomic mass is 32.2. The van der Waals surface area contributed by atoms with Crippen LogP contribution in [0, 0.1) is 0 Å². The summed E-state index contributed by atoms with van der Waals surface area (Å²) < 4.78 is 1.97. The van der Waals surface area contributed by atoms with E-state index in [-0.39, 0.29) is 5.75 Å². The van der Waals surface area contributed by atoms with Gasteiger partial charge in [0.25, 0.3) is 5.91 Å². The lowest BCUT2D eigenvalue weighted by Gasteiger charge is -2.19. The van der Waals surface area contributed by atoms with Crippen molar-refractivity contribution < 1.29 is 14.4 Å². The lowest BCUT2D eigenvalue weighted by Crippen LogP contribution is -2.49. The number of nitrogens with one attached hydrogen (secondary N) is 2. The van der Waals surface area contributed by atoms with Crippen molar-refractivity contribution in [3.63, 3.8) is 0 Å². The molecule has 9 nitrogen and oxygen atoms in total. The third-order valence-corrected chi connectivity index (χ3v) is 6.08. The second kappa shape index (κ2) is 7.51. The molecule has 1 aromatic heterocycles. The summed E-state index contributed by atoms with van der Waals surface area (Å²) in [7, 11) is 0. The first-order chi connectivity index (χ1) is 13.9. The van der Waals surface area contributed by atoms with Gasteiger partial charge in [-0.15, -0.1) is 10.2 Å². The number of aromatic nitrogens is 3. The van der Waals surface area contributed by atoms with Crippen LogP contribution in [0.2, 0.25) is 0 Å². The first-order valence-electron chi connectivity index (χ1n) is 9.52. The summed E-state index contributed by atoms with van der Waals surface area (Å²) in [4.78, 5) is 36.8. The minimum Gasteiger partial charge on any atom is -0.322 e. The Balaban J connectivity index is 1.45. The number of para-hydroxylation sites is 1. The number of hydrogen-bond donors (Lipinski definition) is 2. The molecule has 2 aromatic rings. The fourth-order valence-corrected chi connectivity index (χ4v) is 3.86. The van der Waals surface area contributed by atoms with Crippen LogP contribution in [0.5, 0.6) is 0 Å². The molecule has 10 heteroatoms. The van der Waals surface area contributed by atoms with E-state index in [2.05, 4.69) is 20.9 Å². The van der Waals surface area contributed by atoms with Gasteiger partial charge in [0.2, 0.25) is 5.91 Å². The molecule has 4 amide bonds. The number of amides is 4. The van der Waals surface area contributed by atoms with Crippen LogP contribution in [0.1, 0.15) is 44.9 Å². The Bertz CT molecular complexity index is 958. The van der Waals surface area contributed by atoms with Crippen molar-refractivity contribution in [2.24, 2.45) is 0 Å². The maximum atomic E-state index is 12.4. The van der Waals surface area contributed by atoms with Crippen LogP contribution in [0.3, 0.4) is 0 Å². The predicted octanol–water partition coefficient (Wildman–Crippen LogP) is 1.99. The van der Waals surface area contributed by atoms with Crippen molar-refractivity contribution >= 4 is 29.6 Å². The van der Waals surface area contributed by atoms with Crippen molar-refractivity contribution in [3.8, 4) is 5.69 Å². The van der Waals surface area contributed by atoms with Crippen molar-refractivity contribution in [2.75, 3.05) is 5.75 Å². The third kappa shape index (κ3) is 3.71. The molecule has 2 aliphatic rings. The Morgan fingerprint density at radius 1 is 1.28 bits per heavy atom. The van der Waals surface area contributed by atoms with Gasteiger partial charge in [0, 0.05) is 11.6 Å². The van der Waals surface area contributed by atoms with Gasteiger partial charge in [0.15, 0.2) is 5.16 Å². The van der Waals surface area contributed by atoms with Gasteiger partial charge in [-0.05, 0) is 38.3 Å². The van der Waals surface area contributed by atoms with Crippen LogP contribution in [-0.2, 0) is 9.59 Å². The van der Waals surface area contributed by atoms with Gasteiger partial charge in [-0.3, -0.25) is 19.6 Å². The van der Waals surface area contributed by atoms with E-state index in [4.69, 9.17) is 0 Å². The molecule has 0 radical (unpaired) electrons. The molecule has 0 spiro atoms. The first-order valence-corrected chi connectivity index (χ1v) is 10.5. The number of rotatable bonds is 7. The van der Waals surface area contributed by atoms with Gasteiger partial charge in [0.05, 0.1) is 5.75 Å². The average Bonchev–Trinajstić information content (AvgIpc) is 3.44. The van der Waals surface area contributed by atoms with Gasteiger partial charge in [-0.2, -0.15) is 5.01 Å². The molecule has 2 fully saturated rings. The number of urea groups is 1. The van der Waals surface area contributed by atoms with Crippen LogP contribution in [0.15, 0.2) is 35.5 Å². The van der Waals surface area contributed by atoms with Crippen LogP contribution >= 0.6 is 11.8 Å². The topological polar surface area (TPSA) is 109 Å². The second-order valence-corrected chi connectivity index (χ2v) is 8.31. The summed E-state index contributed by atoms with van der Waals surface area (Å²) in [5.74, 6) is 0.354. The molecule has 0 unspecified atom stereocenters. The zero-order valence-electron chi connectivity index (χ0n) is 16.2. The standard InChI is InChI=1S/C19H22N6O3S/c1-3-19(2)16(27)25(17(28)20-19)23-14(26)11-29-18-22-21-15(12-9-10-12)24(18)13-7-5-4-6-8-13/h4-8,12H,3,9-11H2,1-2H3,(H,20,28)(H,23,26)/t19-/m1/s1. The second-order valence-electron chi connectivity index (χ2n) is 7.37. The van der Waals surface area contributed by atoms with Crippen LogP contribution in [0.4, 0.5) is 4.79 Å². The summed E-state index contributed by atoms with van der Waals surface area (Å²) in [6, 6.07) is 9.13. The molecular formula is C19H22N6O3S. The third-order valence-electron chi connectivity index (χ3n) is 5.15. The number of hydrogen-bond acceptors (Lipinski definition) is 6. The van der Waals surface area contributed by atoms with Gasteiger partial charge in [0.1, 0.15) is 11.4 Å². The molecule has 2 N–H and O–H groups in total. The van der Waals surface area contributed by atoms with Crippen molar-refractivity contribution in [2.45, 2.75) is 49.7 Å². The lowest BCUT2D eigenvalue weighted by atomic mass is 10.00.